The second kappa shape index (κ2) is 64.8. The van der Waals surface area contributed by atoms with Gasteiger partial charge in [0.05, 0.1) is 6.42 Å². The SMILES string of the molecule is CC/C=C\C/C=C\C/C=C\C/C=C\C/C=C\C/C=C\C/C=C\C/C=C\C/C=C\CCCC(=O)OCC(COC(=O)C/C=C\C/C=C\C/C=C\C/C=C\C/C=C\CC)OC(=O)CCCCCCCCC/C=C\C/C=C\CCCCC. The minimum Gasteiger partial charge on any atom is -0.462 e. The average Bonchev–Trinajstić information content (AvgIpc) is 3.45. The Hall–Kier alpha value is -5.75. The van der Waals surface area contributed by atoms with Crippen LogP contribution in [-0.2, 0) is 28.6 Å². The van der Waals surface area contributed by atoms with Crippen LogP contribution < -0.4 is 0 Å². The molecular formula is C73H110O6. The Morgan fingerprint density at radius 2 is 0.557 bits per heavy atom. The van der Waals surface area contributed by atoms with Gasteiger partial charge in [-0.15, -0.1) is 0 Å². The van der Waals surface area contributed by atoms with E-state index in [-0.39, 0.29) is 44.4 Å². The van der Waals surface area contributed by atoms with Gasteiger partial charge in [-0.3, -0.25) is 14.4 Å². The minimum atomic E-state index is -0.859. The Morgan fingerprint density at radius 1 is 0.278 bits per heavy atom. The number of carbonyl (C=O) groups is 3. The molecule has 0 bridgehead atoms. The molecule has 79 heavy (non-hydrogen) atoms. The minimum absolute atomic E-state index is 0.105. The number of allylic oxidation sites excluding steroid dienone is 31. The first kappa shape index (κ1) is 73.2. The average molecular weight is 1080 g/mol. The third kappa shape index (κ3) is 63.0. The lowest BCUT2D eigenvalue weighted by Crippen LogP contribution is -2.30. The second-order valence-corrected chi connectivity index (χ2v) is 19.5. The molecule has 0 aromatic heterocycles. The number of ether oxygens (including phenoxy) is 3. The molecule has 0 saturated carbocycles. The standard InChI is InChI=1S/C73H110O6/c1-4-7-10-13-16-19-22-25-28-30-31-32-33-34-35-36-37-38-39-40-41-43-45-48-51-54-57-60-63-66-72(75)78-69-70(68-77-71(74)65-62-59-56-53-50-47-44-27-24-21-18-15-12-9-6-3)79-73(76)67-64-61-58-55-52-49-46-42-29-26-23-20-17-14-11-8-5-2/h7,9-10,12,16-21,25-29,31-32,34-35,37-38,40-41,44-45,48,50,53-54,57,59,62,70H,4-6,8,11,13-15,22-24,30,33,36,39,42-43,46-47,49,51-52,55-56,58,60-61,63-69H2,1-3H3/b10-7-,12-9-,19-16-,20-17-,21-18-,28-25-,29-26-,32-31-,35-34-,38-37-,41-40-,44-27-,48-45-,53-50-,57-54-,62-59-. The molecule has 0 aliphatic carbocycles. The molecule has 0 radical (unpaired) electrons. The van der Waals surface area contributed by atoms with Crippen molar-refractivity contribution in [2.75, 3.05) is 13.2 Å². The van der Waals surface area contributed by atoms with Crippen LogP contribution in [0.4, 0.5) is 0 Å². The van der Waals surface area contributed by atoms with Crippen LogP contribution in [0.25, 0.3) is 0 Å². The Morgan fingerprint density at radius 3 is 0.924 bits per heavy atom. The maximum absolute atomic E-state index is 12.9. The van der Waals surface area contributed by atoms with E-state index in [1.807, 2.05) is 6.08 Å². The summed E-state index contributed by atoms with van der Waals surface area (Å²) in [7, 11) is 0. The van der Waals surface area contributed by atoms with Crippen molar-refractivity contribution in [2.24, 2.45) is 0 Å². The Kier molecular flexibility index (Phi) is 60.1. The van der Waals surface area contributed by atoms with Crippen molar-refractivity contribution >= 4 is 17.9 Å². The molecule has 6 nitrogen and oxygen atoms in total. The molecule has 6 heteroatoms. The quantitative estimate of drug-likeness (QED) is 0.0261. The Balaban J connectivity index is 4.57. The first-order chi connectivity index (χ1) is 39.0. The van der Waals surface area contributed by atoms with Crippen LogP contribution in [-0.4, -0.2) is 37.2 Å². The number of hydrogen-bond donors (Lipinski definition) is 0. The molecule has 0 fully saturated rings. The van der Waals surface area contributed by atoms with Crippen LogP contribution in [0, 0.1) is 0 Å². The lowest BCUT2D eigenvalue weighted by Gasteiger charge is -2.18. The number of esters is 3. The first-order valence-electron chi connectivity index (χ1n) is 30.9. The van der Waals surface area contributed by atoms with Crippen molar-refractivity contribution in [1.82, 2.24) is 0 Å². The van der Waals surface area contributed by atoms with E-state index in [1.165, 1.54) is 44.9 Å². The highest BCUT2D eigenvalue weighted by atomic mass is 16.6. The van der Waals surface area contributed by atoms with Gasteiger partial charge in [-0.2, -0.15) is 0 Å². The van der Waals surface area contributed by atoms with Gasteiger partial charge >= 0.3 is 17.9 Å². The molecule has 0 N–H and O–H groups in total. The van der Waals surface area contributed by atoms with Gasteiger partial charge < -0.3 is 14.2 Å². The van der Waals surface area contributed by atoms with Gasteiger partial charge in [-0.05, 0) is 141 Å². The fourth-order valence-electron chi connectivity index (χ4n) is 7.55. The van der Waals surface area contributed by atoms with Crippen LogP contribution in [0.15, 0.2) is 194 Å². The molecule has 438 valence electrons. The van der Waals surface area contributed by atoms with Gasteiger partial charge in [-0.1, -0.05) is 260 Å². The van der Waals surface area contributed by atoms with E-state index in [0.29, 0.717) is 12.8 Å². The monoisotopic (exact) mass is 1080 g/mol. The predicted octanol–water partition coefficient (Wildman–Crippen LogP) is 21.4. The maximum atomic E-state index is 12.9. The molecule has 0 saturated heterocycles. The number of hydrogen-bond acceptors (Lipinski definition) is 6. The summed E-state index contributed by atoms with van der Waals surface area (Å²) in [5.41, 5.74) is 0. The molecule has 1 atom stereocenters. The summed E-state index contributed by atoms with van der Waals surface area (Å²) in [6.45, 7) is 6.22. The van der Waals surface area contributed by atoms with E-state index in [1.54, 1.807) is 6.08 Å². The van der Waals surface area contributed by atoms with Gasteiger partial charge in [0.1, 0.15) is 13.2 Å². The summed E-state index contributed by atoms with van der Waals surface area (Å²) in [6, 6.07) is 0. The van der Waals surface area contributed by atoms with Crippen LogP contribution in [0.1, 0.15) is 226 Å². The molecule has 0 spiro atoms. The summed E-state index contributed by atoms with van der Waals surface area (Å²) in [4.78, 5) is 38.2. The van der Waals surface area contributed by atoms with Gasteiger partial charge in [0.15, 0.2) is 6.10 Å². The third-order valence-corrected chi connectivity index (χ3v) is 12.1. The predicted molar refractivity (Wildman–Crippen MR) is 343 cm³/mol. The molecule has 1 unspecified atom stereocenters. The maximum Gasteiger partial charge on any atom is 0.309 e. The van der Waals surface area contributed by atoms with Crippen molar-refractivity contribution in [3.05, 3.63) is 194 Å². The van der Waals surface area contributed by atoms with E-state index in [2.05, 4.69) is 203 Å². The second-order valence-electron chi connectivity index (χ2n) is 19.5. The topological polar surface area (TPSA) is 78.9 Å². The Bertz CT molecular complexity index is 1920. The van der Waals surface area contributed by atoms with Crippen molar-refractivity contribution in [1.29, 1.82) is 0 Å². The van der Waals surface area contributed by atoms with E-state index < -0.39 is 12.1 Å². The van der Waals surface area contributed by atoms with Crippen LogP contribution in [0.2, 0.25) is 0 Å². The summed E-state index contributed by atoms with van der Waals surface area (Å²) < 4.78 is 16.7. The summed E-state index contributed by atoms with van der Waals surface area (Å²) >= 11 is 0. The van der Waals surface area contributed by atoms with Crippen molar-refractivity contribution < 1.29 is 28.6 Å². The highest BCUT2D eigenvalue weighted by molar-refractivity contribution is 5.72. The van der Waals surface area contributed by atoms with Crippen LogP contribution in [0.5, 0.6) is 0 Å². The van der Waals surface area contributed by atoms with Crippen molar-refractivity contribution in [2.45, 2.75) is 232 Å². The molecule has 0 aliphatic heterocycles. The molecule has 0 rings (SSSR count). The van der Waals surface area contributed by atoms with Crippen molar-refractivity contribution in [3.63, 3.8) is 0 Å². The number of carbonyl (C=O) groups excluding carboxylic acids is 3. The van der Waals surface area contributed by atoms with E-state index in [0.717, 1.165) is 128 Å². The molecular weight excluding hydrogens is 973 g/mol. The largest absolute Gasteiger partial charge is 0.462 e. The van der Waals surface area contributed by atoms with Crippen molar-refractivity contribution in [3.8, 4) is 0 Å². The number of unbranched alkanes of at least 4 members (excludes halogenated alkanes) is 11. The normalized spacial score (nSPS) is 13.5. The lowest BCUT2D eigenvalue weighted by molar-refractivity contribution is -0.166. The first-order valence-corrected chi connectivity index (χ1v) is 30.9. The summed E-state index contributed by atoms with van der Waals surface area (Å²) in [5.74, 6) is -1.16. The van der Waals surface area contributed by atoms with Gasteiger partial charge in [0, 0.05) is 12.8 Å². The smallest absolute Gasteiger partial charge is 0.309 e. The van der Waals surface area contributed by atoms with Gasteiger partial charge in [-0.25, -0.2) is 0 Å². The zero-order valence-corrected chi connectivity index (χ0v) is 50.0. The fraction of sp³-hybridized carbons (Fsp3) is 0.521. The highest BCUT2D eigenvalue weighted by Crippen LogP contribution is 2.12. The lowest BCUT2D eigenvalue weighted by atomic mass is 10.1. The fourth-order valence-corrected chi connectivity index (χ4v) is 7.55. The molecule has 0 aromatic carbocycles. The number of rotatable bonds is 53. The molecule has 0 heterocycles. The van der Waals surface area contributed by atoms with Gasteiger partial charge in [0.25, 0.3) is 0 Å². The molecule has 0 amide bonds. The van der Waals surface area contributed by atoms with E-state index in [4.69, 9.17) is 14.2 Å². The molecule has 0 aromatic rings. The zero-order chi connectivity index (χ0) is 57.1. The summed E-state index contributed by atoms with van der Waals surface area (Å²) in [5, 5.41) is 0. The highest BCUT2D eigenvalue weighted by Gasteiger charge is 2.19. The van der Waals surface area contributed by atoms with E-state index >= 15 is 0 Å². The van der Waals surface area contributed by atoms with E-state index in [9.17, 15) is 14.4 Å². The van der Waals surface area contributed by atoms with Gasteiger partial charge in [0.2, 0.25) is 0 Å². The van der Waals surface area contributed by atoms with Crippen LogP contribution >= 0.6 is 0 Å². The Labute approximate surface area is 484 Å². The van der Waals surface area contributed by atoms with Crippen LogP contribution in [0.3, 0.4) is 0 Å². The molecule has 0 aliphatic rings. The summed E-state index contributed by atoms with van der Waals surface area (Å²) in [6.07, 6.45) is 98.9. The zero-order valence-electron chi connectivity index (χ0n) is 50.0. The third-order valence-electron chi connectivity index (χ3n) is 12.1.